The summed E-state index contributed by atoms with van der Waals surface area (Å²) in [5.74, 6) is -0.596. The van der Waals surface area contributed by atoms with Gasteiger partial charge in [-0.25, -0.2) is 14.4 Å². The molecule has 136 valence electrons. The number of imidazole rings is 1. The minimum atomic E-state index is -2.72. The van der Waals surface area contributed by atoms with Crippen LogP contribution in [0.5, 0.6) is 0 Å². The molecule has 1 amide bonds. The zero-order valence-electron chi connectivity index (χ0n) is 14.0. The van der Waals surface area contributed by atoms with Gasteiger partial charge in [-0.05, 0) is 31.2 Å². The maximum Gasteiger partial charge on any atom is 0.319 e. The molecule has 0 radical (unpaired) electrons. The monoisotopic (exact) mass is 380 g/mol. The summed E-state index contributed by atoms with van der Waals surface area (Å²) in [6.07, 6.45) is 2.44. The summed E-state index contributed by atoms with van der Waals surface area (Å²) in [6, 6.07) is 5.82. The molecule has 0 spiro atoms. The Morgan fingerprint density at radius 2 is 2.00 bits per heavy atom. The molecular formula is C17H15F3N4OS. The summed E-state index contributed by atoms with van der Waals surface area (Å²) in [5, 5.41) is 0.591. The lowest BCUT2D eigenvalue weighted by Gasteiger charge is -2.17. The Labute approximate surface area is 151 Å². The van der Waals surface area contributed by atoms with Crippen molar-refractivity contribution in [2.45, 2.75) is 20.0 Å². The Morgan fingerprint density at radius 1 is 1.31 bits per heavy atom. The van der Waals surface area contributed by atoms with Gasteiger partial charge in [0.15, 0.2) is 0 Å². The van der Waals surface area contributed by atoms with Gasteiger partial charge in [0.2, 0.25) is 0 Å². The lowest BCUT2D eigenvalue weighted by molar-refractivity contribution is 0.0613. The molecule has 0 aliphatic carbocycles. The van der Waals surface area contributed by atoms with Crippen LogP contribution in [0.15, 0.2) is 36.7 Å². The molecule has 0 unspecified atom stereocenters. The Hall–Kier alpha value is -2.68. The average molecular weight is 380 g/mol. The highest BCUT2D eigenvalue weighted by atomic mass is 32.1. The summed E-state index contributed by atoms with van der Waals surface area (Å²) in [4.78, 5) is 22.6. The van der Waals surface area contributed by atoms with Crippen LogP contribution in [-0.4, -0.2) is 32.4 Å². The first kappa shape index (κ1) is 18.1. The van der Waals surface area contributed by atoms with E-state index in [0.29, 0.717) is 25.7 Å². The van der Waals surface area contributed by atoms with Crippen molar-refractivity contribution in [1.29, 1.82) is 0 Å². The molecule has 0 bridgehead atoms. The predicted octanol–water partition coefficient (Wildman–Crippen LogP) is 4.12. The number of hydrogen-bond donors (Lipinski definition) is 0. The maximum absolute atomic E-state index is 13.1. The number of carbonyl (C=O) groups is 1. The summed E-state index contributed by atoms with van der Waals surface area (Å²) >= 11 is 1.18. The second kappa shape index (κ2) is 7.28. The Bertz CT molecular complexity index is 920. The molecule has 26 heavy (non-hydrogen) atoms. The third kappa shape index (κ3) is 3.62. The van der Waals surface area contributed by atoms with Crippen molar-refractivity contribution in [3.63, 3.8) is 0 Å². The molecule has 0 saturated carbocycles. The molecule has 0 aliphatic rings. The minimum absolute atomic E-state index is 0.0562. The summed E-state index contributed by atoms with van der Waals surface area (Å²) in [7, 11) is 1.52. The fourth-order valence-electron chi connectivity index (χ4n) is 2.41. The molecule has 0 atom stereocenters. The second-order valence-corrected chi connectivity index (χ2v) is 6.63. The number of aromatic nitrogens is 3. The van der Waals surface area contributed by atoms with Gasteiger partial charge in [0.05, 0.1) is 12.2 Å². The van der Waals surface area contributed by atoms with Crippen molar-refractivity contribution < 1.29 is 18.0 Å². The van der Waals surface area contributed by atoms with E-state index in [-0.39, 0.29) is 24.1 Å². The summed E-state index contributed by atoms with van der Waals surface area (Å²) in [5.41, 5.74) is 1.23. The van der Waals surface area contributed by atoms with Gasteiger partial charge < -0.3 is 4.90 Å². The first-order chi connectivity index (χ1) is 12.4. The van der Waals surface area contributed by atoms with Crippen molar-refractivity contribution in [2.75, 3.05) is 7.05 Å². The number of alkyl halides is 2. The number of thiazole rings is 1. The van der Waals surface area contributed by atoms with Gasteiger partial charge in [0.25, 0.3) is 5.91 Å². The number of amides is 1. The molecule has 0 N–H and O–H groups in total. The lowest BCUT2D eigenvalue weighted by Crippen LogP contribution is -2.27. The molecule has 1 aromatic carbocycles. The van der Waals surface area contributed by atoms with E-state index in [1.165, 1.54) is 47.8 Å². The van der Waals surface area contributed by atoms with Gasteiger partial charge in [0, 0.05) is 25.0 Å². The van der Waals surface area contributed by atoms with Gasteiger partial charge in [-0.3, -0.25) is 9.36 Å². The van der Waals surface area contributed by atoms with E-state index in [0.717, 1.165) is 0 Å². The van der Waals surface area contributed by atoms with E-state index in [9.17, 15) is 18.0 Å². The van der Waals surface area contributed by atoms with Crippen molar-refractivity contribution in [1.82, 2.24) is 19.4 Å². The van der Waals surface area contributed by atoms with E-state index >= 15 is 0 Å². The lowest BCUT2D eigenvalue weighted by atomic mass is 10.2. The Balaban J connectivity index is 1.81. The highest BCUT2D eigenvalue weighted by Crippen LogP contribution is 2.29. The van der Waals surface area contributed by atoms with Crippen molar-refractivity contribution in [3.8, 4) is 10.6 Å². The van der Waals surface area contributed by atoms with Crippen LogP contribution in [0.2, 0.25) is 0 Å². The van der Waals surface area contributed by atoms with E-state index in [2.05, 4.69) is 9.97 Å². The number of hydrogen-bond acceptors (Lipinski definition) is 4. The maximum atomic E-state index is 13.1. The molecule has 5 nitrogen and oxygen atoms in total. The largest absolute Gasteiger partial charge is 0.333 e. The number of benzene rings is 1. The number of aryl methyl sites for hydroxylation is 1. The zero-order chi connectivity index (χ0) is 18.8. The fourth-order valence-corrected chi connectivity index (χ4v) is 3.48. The molecule has 3 aromatic rings. The smallest absolute Gasteiger partial charge is 0.319 e. The van der Waals surface area contributed by atoms with Gasteiger partial charge in [0.1, 0.15) is 21.5 Å². The standard InChI is InChI=1S/C17H15F3N4OS/c1-10-14(26-15(22-10)11-3-5-12(18)6-4-11)16(25)23(2)9-13-21-7-8-24(13)17(19)20/h3-8,17H,9H2,1-2H3. The van der Waals surface area contributed by atoms with Crippen LogP contribution in [0.25, 0.3) is 10.6 Å². The average Bonchev–Trinajstić information content (AvgIpc) is 3.21. The van der Waals surface area contributed by atoms with Crippen LogP contribution in [0.3, 0.4) is 0 Å². The quantitative estimate of drug-likeness (QED) is 0.669. The molecule has 0 saturated heterocycles. The normalized spacial score (nSPS) is 11.2. The third-order valence-corrected chi connectivity index (χ3v) is 4.96. The molecule has 9 heteroatoms. The fraction of sp³-hybridized carbons (Fsp3) is 0.235. The Morgan fingerprint density at radius 3 is 2.65 bits per heavy atom. The molecule has 2 heterocycles. The minimum Gasteiger partial charge on any atom is -0.333 e. The number of nitrogens with zero attached hydrogens (tertiary/aromatic N) is 4. The van der Waals surface area contributed by atoms with Crippen LogP contribution in [0.4, 0.5) is 13.2 Å². The molecule has 0 fully saturated rings. The number of carbonyl (C=O) groups excluding carboxylic acids is 1. The molecule has 2 aromatic heterocycles. The number of halogens is 3. The first-order valence-electron chi connectivity index (χ1n) is 7.65. The third-order valence-electron chi connectivity index (χ3n) is 3.77. The predicted molar refractivity (Wildman–Crippen MR) is 91.5 cm³/mol. The van der Waals surface area contributed by atoms with Gasteiger partial charge in [-0.15, -0.1) is 11.3 Å². The molecule has 0 aliphatic heterocycles. The molecule has 3 rings (SSSR count). The number of rotatable bonds is 5. The first-order valence-corrected chi connectivity index (χ1v) is 8.47. The van der Waals surface area contributed by atoms with Crippen LogP contribution in [0.1, 0.15) is 27.7 Å². The van der Waals surface area contributed by atoms with Crippen LogP contribution in [-0.2, 0) is 6.54 Å². The highest BCUT2D eigenvalue weighted by molar-refractivity contribution is 7.17. The highest BCUT2D eigenvalue weighted by Gasteiger charge is 2.22. The van der Waals surface area contributed by atoms with Crippen molar-refractivity contribution in [3.05, 3.63) is 58.9 Å². The van der Waals surface area contributed by atoms with E-state index in [1.54, 1.807) is 19.1 Å². The SMILES string of the molecule is Cc1nc(-c2ccc(F)cc2)sc1C(=O)N(C)Cc1nccn1C(F)F. The van der Waals surface area contributed by atoms with Gasteiger partial charge >= 0.3 is 6.55 Å². The Kier molecular flexibility index (Phi) is 5.08. The van der Waals surface area contributed by atoms with Gasteiger partial charge in [-0.2, -0.15) is 8.78 Å². The topological polar surface area (TPSA) is 51.0 Å². The van der Waals surface area contributed by atoms with Crippen molar-refractivity contribution >= 4 is 17.2 Å². The summed E-state index contributed by atoms with van der Waals surface area (Å²) in [6.45, 7) is -1.07. The van der Waals surface area contributed by atoms with E-state index in [4.69, 9.17) is 0 Å². The van der Waals surface area contributed by atoms with Crippen LogP contribution >= 0.6 is 11.3 Å². The second-order valence-electron chi connectivity index (χ2n) is 5.63. The van der Waals surface area contributed by atoms with Crippen molar-refractivity contribution in [2.24, 2.45) is 0 Å². The summed E-state index contributed by atoms with van der Waals surface area (Å²) < 4.78 is 39.6. The zero-order valence-corrected chi connectivity index (χ0v) is 14.8. The van der Waals surface area contributed by atoms with E-state index < -0.39 is 6.55 Å². The molecular weight excluding hydrogens is 365 g/mol. The van der Waals surface area contributed by atoms with Crippen LogP contribution in [0, 0.1) is 12.7 Å². The van der Waals surface area contributed by atoms with Crippen LogP contribution < -0.4 is 0 Å². The van der Waals surface area contributed by atoms with E-state index in [1.807, 2.05) is 0 Å². The van der Waals surface area contributed by atoms with Gasteiger partial charge in [-0.1, -0.05) is 0 Å².